The number of benzene rings is 3. The fourth-order valence-electron chi connectivity index (χ4n) is 4.06. The van der Waals surface area contributed by atoms with Gasteiger partial charge in [0.2, 0.25) is 0 Å². The van der Waals surface area contributed by atoms with Gasteiger partial charge in [-0.2, -0.15) is 5.10 Å². The van der Waals surface area contributed by atoms with E-state index >= 15 is 0 Å². The van der Waals surface area contributed by atoms with Crippen LogP contribution in [0.3, 0.4) is 0 Å². The lowest BCUT2D eigenvalue weighted by Gasteiger charge is -2.23. The highest BCUT2D eigenvalue weighted by Gasteiger charge is 2.35. The van der Waals surface area contributed by atoms with Crippen LogP contribution in [0.5, 0.6) is 5.75 Å². The second kappa shape index (κ2) is 8.85. The summed E-state index contributed by atoms with van der Waals surface area (Å²) in [6.07, 6.45) is 0.482. The average molecular weight is 476 g/mol. The van der Waals surface area contributed by atoms with Crippen molar-refractivity contribution in [2.45, 2.75) is 12.5 Å². The average Bonchev–Trinajstić information content (AvgIpc) is 3.28. The minimum atomic E-state index is -0.415. The maximum Gasteiger partial charge on any atom is 0.274 e. The van der Waals surface area contributed by atoms with Crippen LogP contribution in [0, 0.1) is 0 Å². The number of halogens is 2. The second-order valence-corrected chi connectivity index (χ2v) is 8.49. The van der Waals surface area contributed by atoms with Gasteiger partial charge in [0.25, 0.3) is 5.91 Å². The molecule has 5 rings (SSSR count). The third-order valence-corrected chi connectivity index (χ3v) is 6.20. The Morgan fingerprint density at radius 1 is 1.00 bits per heavy atom. The van der Waals surface area contributed by atoms with Crippen LogP contribution < -0.4 is 4.74 Å². The molecule has 1 aliphatic heterocycles. The van der Waals surface area contributed by atoms with Crippen molar-refractivity contribution >= 4 is 45.7 Å². The van der Waals surface area contributed by atoms with Crippen LogP contribution in [-0.4, -0.2) is 28.7 Å². The van der Waals surface area contributed by atoms with E-state index in [1.54, 1.807) is 19.2 Å². The second-order valence-electron chi connectivity index (χ2n) is 7.69. The Morgan fingerprint density at radius 3 is 2.55 bits per heavy atom. The predicted molar refractivity (Wildman–Crippen MR) is 131 cm³/mol. The van der Waals surface area contributed by atoms with Crippen molar-refractivity contribution in [2.24, 2.45) is 5.10 Å². The molecular formula is C26H19Cl2N3O2. The lowest BCUT2D eigenvalue weighted by atomic mass is 9.98. The van der Waals surface area contributed by atoms with Gasteiger partial charge in [-0.05, 0) is 42.0 Å². The van der Waals surface area contributed by atoms with Gasteiger partial charge in [0.15, 0.2) is 0 Å². The number of para-hydroxylation sites is 1. The molecule has 5 nitrogen and oxygen atoms in total. The maximum atomic E-state index is 13.5. The van der Waals surface area contributed by atoms with E-state index in [-0.39, 0.29) is 5.91 Å². The lowest BCUT2D eigenvalue weighted by Crippen LogP contribution is -2.27. The number of fused-ring (bicyclic) bond motifs is 1. The summed E-state index contributed by atoms with van der Waals surface area (Å²) in [4.78, 5) is 18.1. The van der Waals surface area contributed by atoms with Crippen molar-refractivity contribution < 1.29 is 9.53 Å². The summed E-state index contributed by atoms with van der Waals surface area (Å²) in [5.74, 6) is 0.430. The first-order valence-electron chi connectivity index (χ1n) is 10.4. The zero-order valence-corrected chi connectivity index (χ0v) is 19.2. The monoisotopic (exact) mass is 475 g/mol. The molecule has 0 saturated heterocycles. The van der Waals surface area contributed by atoms with Gasteiger partial charge in [-0.15, -0.1) is 0 Å². The molecule has 2 heterocycles. The van der Waals surface area contributed by atoms with E-state index in [1.165, 1.54) is 5.01 Å². The third-order valence-electron chi connectivity index (χ3n) is 5.67. The van der Waals surface area contributed by atoms with Crippen molar-refractivity contribution in [2.75, 3.05) is 7.11 Å². The molecule has 3 aromatic carbocycles. The Balaban J connectivity index is 1.62. The Bertz CT molecular complexity index is 1390. The van der Waals surface area contributed by atoms with E-state index in [0.717, 1.165) is 22.2 Å². The molecule has 1 atom stereocenters. The highest BCUT2D eigenvalue weighted by Crippen LogP contribution is 2.39. The van der Waals surface area contributed by atoms with Crippen molar-refractivity contribution in [1.29, 1.82) is 0 Å². The van der Waals surface area contributed by atoms with Gasteiger partial charge in [-0.25, -0.2) is 9.99 Å². The summed E-state index contributed by atoms with van der Waals surface area (Å²) in [6.45, 7) is 0. The number of pyridine rings is 1. The highest BCUT2D eigenvalue weighted by atomic mass is 35.5. The van der Waals surface area contributed by atoms with E-state index in [9.17, 15) is 4.79 Å². The van der Waals surface area contributed by atoms with Gasteiger partial charge in [0.1, 0.15) is 16.4 Å². The molecule has 4 aromatic rings. The number of hydrogen-bond donors (Lipinski definition) is 0. The van der Waals surface area contributed by atoms with Gasteiger partial charge in [-0.1, -0.05) is 65.7 Å². The summed E-state index contributed by atoms with van der Waals surface area (Å²) < 4.78 is 5.43. The molecular weight excluding hydrogens is 457 g/mol. The van der Waals surface area contributed by atoms with Gasteiger partial charge in [-0.3, -0.25) is 4.79 Å². The first-order valence-corrected chi connectivity index (χ1v) is 11.2. The molecule has 0 unspecified atom stereocenters. The Hall–Kier alpha value is -3.41. The summed E-state index contributed by atoms with van der Waals surface area (Å²) in [5, 5.41) is 8.01. The lowest BCUT2D eigenvalue weighted by molar-refractivity contribution is 0.0711. The van der Waals surface area contributed by atoms with Crippen molar-refractivity contribution in [3.8, 4) is 5.75 Å². The molecule has 0 aliphatic carbocycles. The Morgan fingerprint density at radius 2 is 1.79 bits per heavy atom. The Labute approximate surface area is 201 Å². The van der Waals surface area contributed by atoms with Gasteiger partial charge in [0.05, 0.1) is 18.9 Å². The van der Waals surface area contributed by atoms with Crippen LogP contribution in [0.2, 0.25) is 10.2 Å². The number of carbonyl (C=O) groups is 1. The van der Waals surface area contributed by atoms with Gasteiger partial charge >= 0.3 is 0 Å². The smallest absolute Gasteiger partial charge is 0.274 e. The van der Waals surface area contributed by atoms with Crippen LogP contribution in [0.15, 0.2) is 84.0 Å². The fraction of sp³-hybridized carbons (Fsp3) is 0.115. The quantitative estimate of drug-likeness (QED) is 0.314. The molecule has 0 N–H and O–H groups in total. The number of methoxy groups -OCH3 is 1. The summed E-state index contributed by atoms with van der Waals surface area (Å²) in [5.41, 5.74) is 3.56. The zero-order chi connectivity index (χ0) is 22.9. The van der Waals surface area contributed by atoms with E-state index in [2.05, 4.69) is 4.98 Å². The first kappa shape index (κ1) is 21.4. The van der Waals surface area contributed by atoms with E-state index in [4.69, 9.17) is 33.0 Å². The van der Waals surface area contributed by atoms with Crippen molar-refractivity contribution in [3.05, 3.63) is 106 Å². The van der Waals surface area contributed by atoms with Crippen LogP contribution in [0.1, 0.15) is 33.9 Å². The summed E-state index contributed by atoms with van der Waals surface area (Å²) in [6, 6.07) is 23.8. The molecule has 7 heteroatoms. The molecule has 164 valence electrons. The molecule has 0 saturated carbocycles. The van der Waals surface area contributed by atoms with Crippen LogP contribution in [0.25, 0.3) is 10.9 Å². The minimum Gasteiger partial charge on any atom is -0.494 e. The van der Waals surface area contributed by atoms with E-state index < -0.39 is 6.04 Å². The molecule has 1 aromatic heterocycles. The SMILES string of the molecule is COc1cccc2cc([C@@H]3CC(c4cccc(Cl)c4)=NN3C(=O)c3ccccc3)c(Cl)nc12. The molecule has 0 bridgehead atoms. The van der Waals surface area contributed by atoms with Crippen LogP contribution >= 0.6 is 23.2 Å². The highest BCUT2D eigenvalue weighted by molar-refractivity contribution is 6.31. The van der Waals surface area contributed by atoms with Crippen LogP contribution in [0.4, 0.5) is 0 Å². The molecule has 0 radical (unpaired) electrons. The number of hydrazone groups is 1. The third kappa shape index (κ3) is 4.06. The van der Waals surface area contributed by atoms with E-state index in [1.807, 2.05) is 66.7 Å². The summed E-state index contributed by atoms with van der Waals surface area (Å²) >= 11 is 12.9. The molecule has 0 spiro atoms. The summed E-state index contributed by atoms with van der Waals surface area (Å²) in [7, 11) is 1.60. The zero-order valence-electron chi connectivity index (χ0n) is 17.7. The number of hydrogen-bond acceptors (Lipinski definition) is 4. The number of ether oxygens (including phenoxy) is 1. The number of amides is 1. The van der Waals surface area contributed by atoms with Gasteiger partial charge < -0.3 is 4.74 Å². The van der Waals surface area contributed by atoms with Crippen LogP contribution in [-0.2, 0) is 0 Å². The van der Waals surface area contributed by atoms with Gasteiger partial charge in [0, 0.05) is 28.0 Å². The molecule has 33 heavy (non-hydrogen) atoms. The molecule has 1 amide bonds. The number of aromatic nitrogens is 1. The predicted octanol–water partition coefficient (Wildman–Crippen LogP) is 6.54. The normalized spacial score (nSPS) is 15.5. The number of rotatable bonds is 4. The number of nitrogens with zero attached hydrogens (tertiary/aromatic N) is 3. The first-order chi connectivity index (χ1) is 16.0. The molecule has 0 fully saturated rings. The van der Waals surface area contributed by atoms with Crippen molar-refractivity contribution in [1.82, 2.24) is 9.99 Å². The topological polar surface area (TPSA) is 54.8 Å². The Kier molecular flexibility index (Phi) is 5.75. The largest absolute Gasteiger partial charge is 0.494 e. The maximum absolute atomic E-state index is 13.5. The minimum absolute atomic E-state index is 0.209. The number of carbonyl (C=O) groups excluding carboxylic acids is 1. The fourth-order valence-corrected chi connectivity index (χ4v) is 4.51. The standard InChI is InChI=1S/C26H19Cl2N3O2/c1-33-23-12-6-10-18-14-20(25(28)29-24(18)23)22-15-21(17-9-5-11-19(27)13-17)30-31(22)26(32)16-7-3-2-4-8-16/h2-14,22H,15H2,1H3/t22-/m0/s1. The molecule has 1 aliphatic rings. The van der Waals surface area contributed by atoms with E-state index in [0.29, 0.717) is 33.4 Å². The van der Waals surface area contributed by atoms with Crippen molar-refractivity contribution in [3.63, 3.8) is 0 Å².